The molecule has 16 heavy (non-hydrogen) atoms. The average Bonchev–Trinajstić information content (AvgIpc) is 2.81. The molecule has 0 radical (unpaired) electrons. The van der Waals surface area contributed by atoms with Crippen molar-refractivity contribution in [2.24, 2.45) is 10.9 Å². The number of nitrogens with two attached hydrogens (primary N) is 1. The molecule has 0 amide bonds. The highest BCUT2D eigenvalue weighted by Gasteiger charge is 2.11. The van der Waals surface area contributed by atoms with Crippen LogP contribution in [0.25, 0.3) is 5.69 Å². The topological polar surface area (TPSA) is 76.4 Å². The van der Waals surface area contributed by atoms with Crippen LogP contribution in [-0.2, 0) is 0 Å². The Morgan fingerprint density at radius 3 is 2.88 bits per heavy atom. The summed E-state index contributed by atoms with van der Waals surface area (Å²) in [6, 6.07) is 7.42. The number of hydrogen-bond acceptors (Lipinski definition) is 3. The van der Waals surface area contributed by atoms with Crippen molar-refractivity contribution in [2.45, 2.75) is 6.92 Å². The van der Waals surface area contributed by atoms with Gasteiger partial charge in [0.1, 0.15) is 0 Å². The second-order valence-electron chi connectivity index (χ2n) is 3.41. The third kappa shape index (κ3) is 1.63. The molecular weight excluding hydrogens is 204 g/mol. The molecule has 1 aromatic carbocycles. The summed E-state index contributed by atoms with van der Waals surface area (Å²) in [4.78, 5) is 0. The van der Waals surface area contributed by atoms with Gasteiger partial charge in [0.05, 0.1) is 5.69 Å². The minimum absolute atomic E-state index is 0.0780. The largest absolute Gasteiger partial charge is 0.409 e. The monoisotopic (exact) mass is 216 g/mol. The van der Waals surface area contributed by atoms with Crippen molar-refractivity contribution in [3.63, 3.8) is 0 Å². The Kier molecular flexibility index (Phi) is 2.59. The lowest BCUT2D eigenvalue weighted by atomic mass is 10.1. The van der Waals surface area contributed by atoms with Gasteiger partial charge in [-0.2, -0.15) is 5.10 Å². The SMILES string of the molecule is Cc1cccc(/C(N)=N/O)c1-n1cccn1. The molecule has 2 aromatic rings. The number of aromatic nitrogens is 2. The summed E-state index contributed by atoms with van der Waals surface area (Å²) < 4.78 is 1.70. The predicted octanol–water partition coefficient (Wildman–Crippen LogP) is 1.28. The Bertz CT molecular complexity index is 517. The molecule has 5 nitrogen and oxygen atoms in total. The van der Waals surface area contributed by atoms with E-state index in [0.29, 0.717) is 5.56 Å². The van der Waals surface area contributed by atoms with Crippen LogP contribution in [0.4, 0.5) is 0 Å². The maximum absolute atomic E-state index is 8.73. The number of benzene rings is 1. The van der Waals surface area contributed by atoms with Crippen LogP contribution in [0.2, 0.25) is 0 Å². The summed E-state index contributed by atoms with van der Waals surface area (Å²) in [5.41, 5.74) is 8.12. The van der Waals surface area contributed by atoms with Crippen LogP contribution in [0.1, 0.15) is 11.1 Å². The van der Waals surface area contributed by atoms with Gasteiger partial charge >= 0.3 is 0 Å². The zero-order valence-electron chi connectivity index (χ0n) is 8.83. The normalized spacial score (nSPS) is 11.7. The van der Waals surface area contributed by atoms with Gasteiger partial charge in [0.15, 0.2) is 5.84 Å². The Morgan fingerprint density at radius 1 is 1.44 bits per heavy atom. The van der Waals surface area contributed by atoms with Gasteiger partial charge in [-0.25, -0.2) is 4.68 Å². The van der Waals surface area contributed by atoms with Crippen molar-refractivity contribution in [1.29, 1.82) is 0 Å². The second-order valence-corrected chi connectivity index (χ2v) is 3.41. The van der Waals surface area contributed by atoms with E-state index in [1.165, 1.54) is 0 Å². The smallest absolute Gasteiger partial charge is 0.172 e. The molecule has 2 rings (SSSR count). The van der Waals surface area contributed by atoms with Gasteiger partial charge in [0.25, 0.3) is 0 Å². The first-order chi connectivity index (χ1) is 7.74. The lowest BCUT2D eigenvalue weighted by Crippen LogP contribution is -2.17. The molecule has 0 saturated carbocycles. The summed E-state index contributed by atoms with van der Waals surface area (Å²) in [6.07, 6.45) is 3.50. The summed E-state index contributed by atoms with van der Waals surface area (Å²) in [7, 11) is 0. The maximum atomic E-state index is 8.73. The van der Waals surface area contributed by atoms with Gasteiger partial charge in [0.2, 0.25) is 0 Å². The maximum Gasteiger partial charge on any atom is 0.172 e. The van der Waals surface area contributed by atoms with E-state index in [1.54, 1.807) is 16.9 Å². The molecule has 0 atom stereocenters. The van der Waals surface area contributed by atoms with Crippen molar-refractivity contribution in [2.75, 3.05) is 0 Å². The first kappa shape index (κ1) is 10.2. The van der Waals surface area contributed by atoms with Crippen molar-refractivity contribution in [3.05, 3.63) is 47.8 Å². The first-order valence-electron chi connectivity index (χ1n) is 4.81. The highest BCUT2D eigenvalue weighted by atomic mass is 16.4. The molecular formula is C11H12N4O. The minimum atomic E-state index is 0.0780. The number of rotatable bonds is 2. The highest BCUT2D eigenvalue weighted by molar-refractivity contribution is 6.00. The van der Waals surface area contributed by atoms with Crippen LogP contribution in [0.5, 0.6) is 0 Å². The van der Waals surface area contributed by atoms with Gasteiger partial charge in [-0.3, -0.25) is 0 Å². The van der Waals surface area contributed by atoms with E-state index in [-0.39, 0.29) is 5.84 Å². The van der Waals surface area contributed by atoms with Crippen molar-refractivity contribution in [1.82, 2.24) is 9.78 Å². The number of amidine groups is 1. The lowest BCUT2D eigenvalue weighted by Gasteiger charge is -2.11. The minimum Gasteiger partial charge on any atom is -0.409 e. The van der Waals surface area contributed by atoms with Crippen LogP contribution in [0.15, 0.2) is 41.8 Å². The molecule has 82 valence electrons. The van der Waals surface area contributed by atoms with Gasteiger partial charge in [0, 0.05) is 18.0 Å². The van der Waals surface area contributed by atoms with E-state index in [9.17, 15) is 0 Å². The Hall–Kier alpha value is -2.30. The molecule has 1 aromatic heterocycles. The summed E-state index contributed by atoms with van der Waals surface area (Å²) in [6.45, 7) is 1.95. The van der Waals surface area contributed by atoms with Crippen molar-refractivity contribution >= 4 is 5.84 Å². The lowest BCUT2D eigenvalue weighted by molar-refractivity contribution is 0.318. The van der Waals surface area contributed by atoms with Gasteiger partial charge < -0.3 is 10.9 Å². The first-order valence-corrected chi connectivity index (χ1v) is 4.81. The van der Waals surface area contributed by atoms with E-state index in [1.807, 2.05) is 31.3 Å². The average molecular weight is 216 g/mol. The number of para-hydroxylation sites is 1. The Balaban J connectivity index is 2.67. The summed E-state index contributed by atoms with van der Waals surface area (Å²) in [5, 5.41) is 15.9. The molecule has 0 bridgehead atoms. The molecule has 0 fully saturated rings. The standard InChI is InChI=1S/C11H12N4O/c1-8-4-2-5-9(11(12)14-16)10(8)15-7-3-6-13-15/h2-7,16H,1H3,(H2,12,14). The quantitative estimate of drug-likeness (QED) is 0.343. The Morgan fingerprint density at radius 2 is 2.25 bits per heavy atom. The van der Waals surface area contributed by atoms with E-state index in [0.717, 1.165) is 11.3 Å². The zero-order chi connectivity index (χ0) is 11.5. The third-order valence-electron chi connectivity index (χ3n) is 2.35. The summed E-state index contributed by atoms with van der Waals surface area (Å²) in [5.74, 6) is 0.0780. The molecule has 0 unspecified atom stereocenters. The second kappa shape index (κ2) is 4.06. The number of oxime groups is 1. The molecule has 0 aliphatic rings. The summed E-state index contributed by atoms with van der Waals surface area (Å²) >= 11 is 0. The fourth-order valence-corrected chi connectivity index (χ4v) is 1.62. The van der Waals surface area contributed by atoms with Crippen LogP contribution < -0.4 is 5.73 Å². The van der Waals surface area contributed by atoms with Gasteiger partial charge in [-0.15, -0.1) is 0 Å². The van der Waals surface area contributed by atoms with Crippen molar-refractivity contribution in [3.8, 4) is 5.69 Å². The third-order valence-corrected chi connectivity index (χ3v) is 2.35. The van der Waals surface area contributed by atoms with E-state index in [2.05, 4.69) is 10.3 Å². The van der Waals surface area contributed by atoms with Crippen LogP contribution in [-0.4, -0.2) is 20.8 Å². The van der Waals surface area contributed by atoms with Crippen LogP contribution in [0, 0.1) is 6.92 Å². The molecule has 0 saturated heterocycles. The molecule has 0 aliphatic heterocycles. The van der Waals surface area contributed by atoms with E-state index in [4.69, 9.17) is 10.9 Å². The number of hydrogen-bond donors (Lipinski definition) is 2. The van der Waals surface area contributed by atoms with E-state index >= 15 is 0 Å². The van der Waals surface area contributed by atoms with Crippen molar-refractivity contribution < 1.29 is 5.21 Å². The van der Waals surface area contributed by atoms with Crippen LogP contribution in [0.3, 0.4) is 0 Å². The molecule has 5 heteroatoms. The van der Waals surface area contributed by atoms with E-state index < -0.39 is 0 Å². The van der Waals surface area contributed by atoms with Gasteiger partial charge in [-0.1, -0.05) is 17.3 Å². The zero-order valence-corrected chi connectivity index (χ0v) is 8.83. The number of nitrogens with zero attached hydrogens (tertiary/aromatic N) is 3. The molecule has 3 N–H and O–H groups in total. The van der Waals surface area contributed by atoms with Gasteiger partial charge in [-0.05, 0) is 24.6 Å². The molecule has 1 heterocycles. The predicted molar refractivity (Wildman–Crippen MR) is 60.8 cm³/mol. The Labute approximate surface area is 92.8 Å². The molecule has 0 spiro atoms. The fourth-order valence-electron chi connectivity index (χ4n) is 1.62. The van der Waals surface area contributed by atoms with Crippen LogP contribution >= 0.6 is 0 Å². The highest BCUT2D eigenvalue weighted by Crippen LogP contribution is 2.18. The fraction of sp³-hybridized carbons (Fsp3) is 0.0909. The number of aryl methyl sites for hydroxylation is 1. The molecule has 0 aliphatic carbocycles.